The third-order valence-electron chi connectivity index (χ3n) is 4.53. The van der Waals surface area contributed by atoms with Crippen LogP contribution < -0.4 is 4.90 Å². The normalized spacial score (nSPS) is 16.5. The molecule has 2 aromatic rings. The molecule has 1 aromatic heterocycles. The fraction of sp³-hybridized carbons (Fsp3) is 0.444. The maximum Gasteiger partial charge on any atom is 0.252 e. The molecule has 0 N–H and O–H groups in total. The molecule has 0 unspecified atom stereocenters. The van der Waals surface area contributed by atoms with Gasteiger partial charge in [0.05, 0.1) is 0 Å². The Morgan fingerprint density at radius 2 is 1.58 bits per heavy atom. The van der Waals surface area contributed by atoms with Crippen molar-refractivity contribution in [2.24, 2.45) is 0 Å². The van der Waals surface area contributed by atoms with Gasteiger partial charge in [-0.1, -0.05) is 26.0 Å². The Kier molecular flexibility index (Phi) is 5.27. The molecule has 0 radical (unpaired) electrons. The van der Waals surface area contributed by atoms with Crippen LogP contribution >= 0.6 is 11.3 Å². The predicted octanol–water partition coefficient (Wildman–Crippen LogP) is 3.38. The number of rotatable bonds is 5. The molecule has 3 rings (SSSR count). The van der Waals surface area contributed by atoms with E-state index in [4.69, 9.17) is 0 Å². The van der Waals surface area contributed by atoms with Crippen molar-refractivity contribution in [3.05, 3.63) is 46.8 Å². The molecule has 0 bridgehead atoms. The molecule has 24 heavy (non-hydrogen) atoms. The van der Waals surface area contributed by atoms with E-state index in [2.05, 4.69) is 36.1 Å². The van der Waals surface area contributed by atoms with E-state index in [-0.39, 0.29) is 0 Å². The number of benzene rings is 1. The standard InChI is InChI=1S/C18H24N2O2S2/c1-3-15-5-7-16(8-6-15)19-11-13-20(14-12-19)24(21,22)18-10-9-17(4-2)23-18/h5-10H,3-4,11-14H2,1-2H3. The van der Waals surface area contributed by atoms with Gasteiger partial charge in [0.25, 0.3) is 10.0 Å². The van der Waals surface area contributed by atoms with Crippen LogP contribution in [0.2, 0.25) is 0 Å². The monoisotopic (exact) mass is 364 g/mol. The third kappa shape index (κ3) is 3.50. The molecule has 0 spiro atoms. The maximum absolute atomic E-state index is 12.8. The van der Waals surface area contributed by atoms with Crippen LogP contribution in [0.25, 0.3) is 0 Å². The highest BCUT2D eigenvalue weighted by molar-refractivity contribution is 7.91. The Morgan fingerprint density at radius 1 is 0.917 bits per heavy atom. The molecule has 0 saturated carbocycles. The van der Waals surface area contributed by atoms with Crippen molar-refractivity contribution in [2.75, 3.05) is 31.1 Å². The van der Waals surface area contributed by atoms with Gasteiger partial charge in [0, 0.05) is 36.7 Å². The van der Waals surface area contributed by atoms with Gasteiger partial charge in [-0.05, 0) is 42.7 Å². The van der Waals surface area contributed by atoms with E-state index < -0.39 is 10.0 Å². The van der Waals surface area contributed by atoms with Gasteiger partial charge < -0.3 is 4.90 Å². The Hall–Kier alpha value is -1.37. The molecular weight excluding hydrogens is 340 g/mol. The lowest BCUT2D eigenvalue weighted by Crippen LogP contribution is -2.48. The summed E-state index contributed by atoms with van der Waals surface area (Å²) in [5, 5.41) is 0. The zero-order valence-electron chi connectivity index (χ0n) is 14.2. The smallest absolute Gasteiger partial charge is 0.252 e. The number of aryl methyl sites for hydroxylation is 2. The van der Waals surface area contributed by atoms with E-state index in [9.17, 15) is 8.42 Å². The van der Waals surface area contributed by atoms with E-state index in [1.807, 2.05) is 13.0 Å². The summed E-state index contributed by atoms with van der Waals surface area (Å²) < 4.78 is 27.6. The van der Waals surface area contributed by atoms with Gasteiger partial charge >= 0.3 is 0 Å². The highest BCUT2D eigenvalue weighted by Crippen LogP contribution is 2.27. The molecular formula is C18H24N2O2S2. The number of hydrogen-bond donors (Lipinski definition) is 0. The van der Waals surface area contributed by atoms with E-state index in [0.29, 0.717) is 17.3 Å². The molecule has 0 aliphatic carbocycles. The number of sulfonamides is 1. The summed E-state index contributed by atoms with van der Waals surface area (Å²) in [6, 6.07) is 12.2. The lowest BCUT2D eigenvalue weighted by molar-refractivity contribution is 0.386. The number of nitrogens with zero attached hydrogens (tertiary/aromatic N) is 2. The molecule has 1 fully saturated rings. The van der Waals surface area contributed by atoms with Crippen molar-refractivity contribution in [3.63, 3.8) is 0 Å². The van der Waals surface area contributed by atoms with Crippen LogP contribution in [0.3, 0.4) is 0 Å². The van der Waals surface area contributed by atoms with E-state index in [1.165, 1.54) is 22.6 Å². The highest BCUT2D eigenvalue weighted by Gasteiger charge is 2.29. The second-order valence-electron chi connectivity index (χ2n) is 5.99. The van der Waals surface area contributed by atoms with Crippen LogP contribution in [-0.4, -0.2) is 38.9 Å². The van der Waals surface area contributed by atoms with Gasteiger partial charge in [0.1, 0.15) is 4.21 Å². The molecule has 4 nitrogen and oxygen atoms in total. The first-order chi connectivity index (χ1) is 11.5. The van der Waals surface area contributed by atoms with Crippen molar-refractivity contribution < 1.29 is 8.42 Å². The molecule has 1 aliphatic rings. The summed E-state index contributed by atoms with van der Waals surface area (Å²) in [6.07, 6.45) is 1.91. The summed E-state index contributed by atoms with van der Waals surface area (Å²) in [7, 11) is -3.34. The van der Waals surface area contributed by atoms with Crippen molar-refractivity contribution in [1.29, 1.82) is 0 Å². The minimum absolute atomic E-state index is 0.472. The molecule has 1 aromatic carbocycles. The van der Waals surface area contributed by atoms with Gasteiger partial charge in [-0.2, -0.15) is 4.31 Å². The van der Waals surface area contributed by atoms with Crippen molar-refractivity contribution >= 4 is 27.0 Å². The van der Waals surface area contributed by atoms with E-state index >= 15 is 0 Å². The Bertz CT molecular complexity index is 774. The van der Waals surface area contributed by atoms with Crippen LogP contribution in [-0.2, 0) is 22.9 Å². The average molecular weight is 365 g/mol. The number of hydrogen-bond acceptors (Lipinski definition) is 4. The first-order valence-electron chi connectivity index (χ1n) is 8.47. The second-order valence-corrected chi connectivity index (χ2v) is 9.32. The molecule has 0 amide bonds. The summed E-state index contributed by atoms with van der Waals surface area (Å²) in [5.41, 5.74) is 2.50. The van der Waals surface area contributed by atoms with Crippen LogP contribution in [0, 0.1) is 0 Å². The highest BCUT2D eigenvalue weighted by atomic mass is 32.2. The average Bonchev–Trinajstić information content (AvgIpc) is 3.12. The minimum atomic E-state index is -3.34. The summed E-state index contributed by atoms with van der Waals surface area (Å²) in [6.45, 7) is 6.74. The zero-order chi connectivity index (χ0) is 17.2. The molecule has 1 saturated heterocycles. The molecule has 2 heterocycles. The predicted molar refractivity (Wildman–Crippen MR) is 100 cm³/mol. The van der Waals surface area contributed by atoms with E-state index in [1.54, 1.807) is 10.4 Å². The Labute approximate surface area is 148 Å². The van der Waals surface area contributed by atoms with Gasteiger partial charge in [0.15, 0.2) is 0 Å². The summed E-state index contributed by atoms with van der Waals surface area (Å²) >= 11 is 1.39. The maximum atomic E-state index is 12.8. The van der Waals surface area contributed by atoms with Gasteiger partial charge in [0.2, 0.25) is 0 Å². The van der Waals surface area contributed by atoms with Gasteiger partial charge in [-0.25, -0.2) is 8.42 Å². The van der Waals surface area contributed by atoms with Gasteiger partial charge in [-0.3, -0.25) is 0 Å². The zero-order valence-corrected chi connectivity index (χ0v) is 15.9. The minimum Gasteiger partial charge on any atom is -0.369 e. The summed E-state index contributed by atoms with van der Waals surface area (Å²) in [4.78, 5) is 3.38. The van der Waals surface area contributed by atoms with Gasteiger partial charge in [-0.15, -0.1) is 11.3 Å². The van der Waals surface area contributed by atoms with Crippen molar-refractivity contribution in [3.8, 4) is 0 Å². The summed E-state index contributed by atoms with van der Waals surface area (Å²) in [5.74, 6) is 0. The number of thiophene rings is 1. The first kappa shape index (κ1) is 17.5. The quantitative estimate of drug-likeness (QED) is 0.817. The second kappa shape index (κ2) is 7.25. The SMILES string of the molecule is CCc1ccc(N2CCN(S(=O)(=O)c3ccc(CC)s3)CC2)cc1. The third-order valence-corrected chi connectivity index (χ3v) is 8.12. The van der Waals surface area contributed by atoms with Crippen LogP contribution in [0.1, 0.15) is 24.3 Å². The lowest BCUT2D eigenvalue weighted by atomic mass is 10.1. The van der Waals surface area contributed by atoms with Crippen LogP contribution in [0.4, 0.5) is 5.69 Å². The Balaban J connectivity index is 1.67. The first-order valence-corrected chi connectivity index (χ1v) is 10.7. The molecule has 130 valence electrons. The number of piperazine rings is 1. The van der Waals surface area contributed by atoms with Crippen molar-refractivity contribution in [1.82, 2.24) is 4.31 Å². The van der Waals surface area contributed by atoms with E-state index in [0.717, 1.165) is 30.8 Å². The molecule has 1 aliphatic heterocycles. The molecule has 6 heteroatoms. The lowest BCUT2D eigenvalue weighted by Gasteiger charge is -2.35. The Morgan fingerprint density at radius 3 is 2.12 bits per heavy atom. The topological polar surface area (TPSA) is 40.6 Å². The fourth-order valence-corrected chi connectivity index (χ4v) is 5.82. The number of anilines is 1. The van der Waals surface area contributed by atoms with Crippen LogP contribution in [0.5, 0.6) is 0 Å². The molecule has 0 atom stereocenters. The van der Waals surface area contributed by atoms with Crippen molar-refractivity contribution in [2.45, 2.75) is 30.9 Å². The fourth-order valence-electron chi connectivity index (χ4n) is 2.94. The van der Waals surface area contributed by atoms with Crippen LogP contribution in [0.15, 0.2) is 40.6 Å². The largest absolute Gasteiger partial charge is 0.369 e.